The molecule has 0 aromatic rings. The Balaban J connectivity index is 1.82. The van der Waals surface area contributed by atoms with Crippen molar-refractivity contribution in [3.8, 4) is 0 Å². The number of nitrogens with zero attached hydrogens (tertiary/aromatic N) is 2. The van der Waals surface area contributed by atoms with Gasteiger partial charge in [-0.15, -0.1) is 0 Å². The fraction of sp³-hybridized carbons (Fsp3) is 0.857. The minimum absolute atomic E-state index is 0.112. The molecule has 4 heteroatoms. The summed E-state index contributed by atoms with van der Waals surface area (Å²) < 4.78 is 0. The highest BCUT2D eigenvalue weighted by atomic mass is 16.2. The van der Waals surface area contributed by atoms with Crippen LogP contribution in [0.2, 0.25) is 0 Å². The number of piperidine rings is 1. The second kappa shape index (κ2) is 5.29. The number of hydrogen-bond acceptors (Lipinski definition) is 2. The van der Waals surface area contributed by atoms with Crippen molar-refractivity contribution in [2.75, 3.05) is 20.1 Å². The molecule has 0 aromatic carbocycles. The molecule has 0 unspecified atom stereocenters. The van der Waals surface area contributed by atoms with E-state index >= 15 is 0 Å². The Hall–Kier alpha value is -1.06. The summed E-state index contributed by atoms with van der Waals surface area (Å²) in [6, 6.07) is 0.253. The molecule has 0 spiro atoms. The van der Waals surface area contributed by atoms with Crippen LogP contribution >= 0.6 is 0 Å². The molecular formula is C14H24N2O2. The van der Waals surface area contributed by atoms with Gasteiger partial charge in [0.2, 0.25) is 11.8 Å². The van der Waals surface area contributed by atoms with Gasteiger partial charge < -0.3 is 9.80 Å². The first-order valence-electron chi connectivity index (χ1n) is 7.06. The van der Waals surface area contributed by atoms with Gasteiger partial charge in [-0.1, -0.05) is 0 Å². The Morgan fingerprint density at radius 3 is 2.06 bits per heavy atom. The summed E-state index contributed by atoms with van der Waals surface area (Å²) in [4.78, 5) is 27.9. The summed E-state index contributed by atoms with van der Waals surface area (Å²) in [6.45, 7) is 5.59. The highest BCUT2D eigenvalue weighted by Gasteiger charge is 2.36. The Kier molecular flexibility index (Phi) is 3.93. The minimum atomic E-state index is 0.112. The van der Waals surface area contributed by atoms with E-state index in [1.54, 1.807) is 0 Å². The molecule has 1 aliphatic heterocycles. The van der Waals surface area contributed by atoms with E-state index in [1.165, 1.54) is 0 Å². The van der Waals surface area contributed by atoms with Crippen LogP contribution in [-0.4, -0.2) is 47.8 Å². The van der Waals surface area contributed by atoms with Crippen molar-refractivity contribution in [1.29, 1.82) is 0 Å². The summed E-state index contributed by atoms with van der Waals surface area (Å²) in [7, 11) is 1.87. The van der Waals surface area contributed by atoms with Gasteiger partial charge in [-0.25, -0.2) is 0 Å². The molecule has 0 bridgehead atoms. The largest absolute Gasteiger partial charge is 0.343 e. The summed E-state index contributed by atoms with van der Waals surface area (Å²) in [5.41, 5.74) is 0. The lowest BCUT2D eigenvalue weighted by molar-refractivity contribution is -0.141. The average molecular weight is 252 g/mol. The molecule has 1 heterocycles. The zero-order valence-electron chi connectivity index (χ0n) is 11.7. The maximum Gasteiger partial charge on any atom is 0.225 e. The van der Waals surface area contributed by atoms with Gasteiger partial charge in [0.05, 0.1) is 0 Å². The SMILES string of the molecule is CC(C)N(C)C(=O)C1CCN(C(=O)C2CC2)CC1. The van der Waals surface area contributed by atoms with E-state index in [1.807, 2.05) is 30.7 Å². The maximum atomic E-state index is 12.2. The van der Waals surface area contributed by atoms with Gasteiger partial charge in [0.15, 0.2) is 0 Å². The molecule has 4 nitrogen and oxygen atoms in total. The van der Waals surface area contributed by atoms with E-state index in [4.69, 9.17) is 0 Å². The number of likely N-dealkylation sites (tertiary alicyclic amines) is 1. The molecular weight excluding hydrogens is 228 g/mol. The van der Waals surface area contributed by atoms with Crippen molar-refractivity contribution in [3.05, 3.63) is 0 Å². The van der Waals surface area contributed by atoms with Crippen LogP contribution in [-0.2, 0) is 9.59 Å². The molecule has 2 aliphatic rings. The van der Waals surface area contributed by atoms with Crippen LogP contribution in [0.4, 0.5) is 0 Å². The molecule has 18 heavy (non-hydrogen) atoms. The third-order valence-corrected chi connectivity index (χ3v) is 4.20. The molecule has 0 aromatic heterocycles. The quantitative estimate of drug-likeness (QED) is 0.764. The van der Waals surface area contributed by atoms with E-state index in [0.717, 1.165) is 38.8 Å². The van der Waals surface area contributed by atoms with Gasteiger partial charge in [-0.2, -0.15) is 0 Å². The molecule has 102 valence electrons. The molecule has 1 saturated carbocycles. The molecule has 0 atom stereocenters. The Morgan fingerprint density at radius 2 is 1.61 bits per heavy atom. The average Bonchev–Trinajstić information content (AvgIpc) is 3.20. The molecule has 0 radical (unpaired) electrons. The van der Waals surface area contributed by atoms with Gasteiger partial charge in [0.25, 0.3) is 0 Å². The molecule has 1 aliphatic carbocycles. The Bertz CT molecular complexity index is 329. The minimum Gasteiger partial charge on any atom is -0.343 e. The lowest BCUT2D eigenvalue weighted by Crippen LogP contribution is -2.45. The monoisotopic (exact) mass is 252 g/mol. The van der Waals surface area contributed by atoms with Crippen molar-refractivity contribution in [2.24, 2.45) is 11.8 Å². The van der Waals surface area contributed by atoms with Gasteiger partial charge in [0, 0.05) is 38.0 Å². The predicted molar refractivity (Wildman–Crippen MR) is 69.9 cm³/mol. The van der Waals surface area contributed by atoms with Crippen molar-refractivity contribution in [3.63, 3.8) is 0 Å². The number of hydrogen-bond donors (Lipinski definition) is 0. The summed E-state index contributed by atoms with van der Waals surface area (Å²) in [5.74, 6) is 0.970. The molecule has 2 fully saturated rings. The van der Waals surface area contributed by atoms with Gasteiger partial charge in [-0.05, 0) is 39.5 Å². The third-order valence-electron chi connectivity index (χ3n) is 4.20. The molecule has 2 amide bonds. The lowest BCUT2D eigenvalue weighted by Gasteiger charge is -2.34. The zero-order valence-corrected chi connectivity index (χ0v) is 11.7. The molecule has 0 N–H and O–H groups in total. The van der Waals surface area contributed by atoms with Gasteiger partial charge in [0.1, 0.15) is 0 Å². The van der Waals surface area contributed by atoms with Gasteiger partial charge >= 0.3 is 0 Å². The topological polar surface area (TPSA) is 40.6 Å². The predicted octanol–water partition coefficient (Wildman–Crippen LogP) is 1.50. The smallest absolute Gasteiger partial charge is 0.225 e. The van der Waals surface area contributed by atoms with Crippen LogP contribution in [0.25, 0.3) is 0 Å². The van der Waals surface area contributed by atoms with Gasteiger partial charge in [-0.3, -0.25) is 9.59 Å². The van der Waals surface area contributed by atoms with Crippen molar-refractivity contribution < 1.29 is 9.59 Å². The first-order chi connectivity index (χ1) is 8.50. The fourth-order valence-corrected chi connectivity index (χ4v) is 2.48. The maximum absolute atomic E-state index is 12.2. The highest BCUT2D eigenvalue weighted by molar-refractivity contribution is 5.82. The highest BCUT2D eigenvalue weighted by Crippen LogP contribution is 2.32. The van der Waals surface area contributed by atoms with E-state index in [-0.39, 0.29) is 17.9 Å². The lowest BCUT2D eigenvalue weighted by atomic mass is 9.94. The van der Waals surface area contributed by atoms with Crippen LogP contribution in [0.15, 0.2) is 0 Å². The second-order valence-electron chi connectivity index (χ2n) is 5.92. The van der Waals surface area contributed by atoms with Crippen molar-refractivity contribution in [2.45, 2.75) is 45.6 Å². The third kappa shape index (κ3) is 2.85. The zero-order chi connectivity index (χ0) is 13.3. The molecule has 1 saturated heterocycles. The normalized spacial score (nSPS) is 21.2. The Morgan fingerprint density at radius 1 is 1.06 bits per heavy atom. The summed E-state index contributed by atoms with van der Waals surface area (Å²) in [5, 5.41) is 0. The van der Waals surface area contributed by atoms with E-state index < -0.39 is 0 Å². The first-order valence-corrected chi connectivity index (χ1v) is 7.06. The fourth-order valence-electron chi connectivity index (χ4n) is 2.48. The number of carbonyl (C=O) groups excluding carboxylic acids is 2. The van der Waals surface area contributed by atoms with Crippen LogP contribution < -0.4 is 0 Å². The van der Waals surface area contributed by atoms with Crippen molar-refractivity contribution >= 4 is 11.8 Å². The van der Waals surface area contributed by atoms with Crippen LogP contribution in [0.1, 0.15) is 39.5 Å². The second-order valence-corrected chi connectivity index (χ2v) is 5.92. The Labute approximate surface area is 109 Å². The standard InChI is InChI=1S/C14H24N2O2/c1-10(2)15(3)13(17)12-6-8-16(9-7-12)14(18)11-4-5-11/h10-12H,4-9H2,1-3H3. The van der Waals surface area contributed by atoms with Crippen molar-refractivity contribution in [1.82, 2.24) is 9.80 Å². The number of rotatable bonds is 3. The van der Waals surface area contributed by atoms with E-state index in [9.17, 15) is 9.59 Å². The van der Waals surface area contributed by atoms with Crippen LogP contribution in [0.5, 0.6) is 0 Å². The summed E-state index contributed by atoms with van der Waals surface area (Å²) in [6.07, 6.45) is 3.78. The van der Waals surface area contributed by atoms with E-state index in [0.29, 0.717) is 11.8 Å². The molecule has 2 rings (SSSR count). The number of amides is 2. The van der Waals surface area contributed by atoms with Crippen LogP contribution in [0, 0.1) is 11.8 Å². The van der Waals surface area contributed by atoms with E-state index in [2.05, 4.69) is 0 Å². The summed E-state index contributed by atoms with van der Waals surface area (Å²) >= 11 is 0. The van der Waals surface area contributed by atoms with Crippen LogP contribution in [0.3, 0.4) is 0 Å². The first kappa shape index (κ1) is 13.4. The number of carbonyl (C=O) groups is 2.